The van der Waals surface area contributed by atoms with E-state index in [2.05, 4.69) is 0 Å². The highest BCUT2D eigenvalue weighted by atomic mass is 16.7. The Labute approximate surface area is 91.0 Å². The lowest BCUT2D eigenvalue weighted by Gasteiger charge is -2.45. The topological polar surface area (TPSA) is 151 Å². The Hall–Kier alpha value is -0.320. The monoisotopic (exact) mass is 240 g/mol. The van der Waals surface area contributed by atoms with Gasteiger partial charge in [0.1, 0.15) is 30.5 Å². The van der Waals surface area contributed by atoms with Gasteiger partial charge in [-0.1, -0.05) is 0 Å². The lowest BCUT2D eigenvalue weighted by molar-refractivity contribution is -0.365. The molecule has 0 aromatic heterocycles. The Balaban J connectivity index is 2.90. The van der Waals surface area contributed by atoms with Crippen LogP contribution >= 0.6 is 0 Å². The summed E-state index contributed by atoms with van der Waals surface area (Å²) in [5, 5.41) is 64.5. The Morgan fingerprint density at radius 1 is 1.12 bits per heavy atom. The van der Waals surface area contributed by atoms with Crippen molar-refractivity contribution in [3.05, 3.63) is 0 Å². The number of aliphatic hydroxyl groups excluding tert-OH is 6. The first-order valence-electron chi connectivity index (χ1n) is 4.71. The molecule has 0 bridgehead atoms. The molecule has 1 aliphatic heterocycles. The first kappa shape index (κ1) is 13.7. The van der Waals surface area contributed by atoms with E-state index in [0.29, 0.717) is 0 Å². The second-order valence-electron chi connectivity index (χ2n) is 3.76. The van der Waals surface area contributed by atoms with E-state index in [-0.39, 0.29) is 0 Å². The third kappa shape index (κ3) is 2.19. The van der Waals surface area contributed by atoms with Crippen molar-refractivity contribution in [1.29, 1.82) is 0 Å². The third-order valence-electron chi connectivity index (χ3n) is 2.61. The van der Waals surface area contributed by atoms with Crippen LogP contribution in [0.2, 0.25) is 0 Å². The van der Waals surface area contributed by atoms with Gasteiger partial charge in [-0.15, -0.1) is 0 Å². The van der Waals surface area contributed by atoms with E-state index in [4.69, 9.17) is 14.9 Å². The molecule has 0 spiro atoms. The van der Waals surface area contributed by atoms with Gasteiger partial charge in [-0.2, -0.15) is 0 Å². The van der Waals surface area contributed by atoms with Crippen molar-refractivity contribution < 1.29 is 40.5 Å². The summed E-state index contributed by atoms with van der Waals surface area (Å²) >= 11 is 0. The van der Waals surface area contributed by atoms with Crippen LogP contribution in [0.5, 0.6) is 0 Å². The predicted octanol–water partition coefficient (Wildman–Crippen LogP) is -4.50. The fourth-order valence-electron chi connectivity index (χ4n) is 1.56. The van der Waals surface area contributed by atoms with E-state index < -0.39 is 49.5 Å². The average molecular weight is 240 g/mol. The lowest BCUT2D eigenvalue weighted by Crippen LogP contribution is -2.68. The van der Waals surface area contributed by atoms with Gasteiger partial charge in [0.2, 0.25) is 5.79 Å². The van der Waals surface area contributed by atoms with Crippen molar-refractivity contribution in [1.82, 2.24) is 0 Å². The minimum atomic E-state index is -2.49. The van der Waals surface area contributed by atoms with Crippen LogP contribution in [0.15, 0.2) is 0 Å². The Kier molecular flexibility index (Phi) is 4.21. The van der Waals surface area contributed by atoms with Gasteiger partial charge in [0.25, 0.3) is 0 Å². The molecule has 0 saturated carbocycles. The Morgan fingerprint density at radius 3 is 2.12 bits per heavy atom. The molecule has 7 N–H and O–H groups in total. The standard InChI is InChI=1S/C8H16O8/c9-1-3(11)6-4(12)5(13)7(14)8(15,2-10)16-6/h3-7,9-15H,1-2H2/t3-,4+,5-,6-,7+,8?/m1/s1. The summed E-state index contributed by atoms with van der Waals surface area (Å²) in [5.74, 6) is -2.49. The molecule has 1 unspecified atom stereocenters. The van der Waals surface area contributed by atoms with Crippen LogP contribution in [0.4, 0.5) is 0 Å². The fourth-order valence-corrected chi connectivity index (χ4v) is 1.56. The normalized spacial score (nSPS) is 46.7. The quantitative estimate of drug-likeness (QED) is 0.261. The van der Waals surface area contributed by atoms with Crippen LogP contribution in [0.3, 0.4) is 0 Å². The van der Waals surface area contributed by atoms with E-state index in [0.717, 1.165) is 0 Å². The molecule has 16 heavy (non-hydrogen) atoms. The number of rotatable bonds is 3. The van der Waals surface area contributed by atoms with Crippen molar-refractivity contribution >= 4 is 0 Å². The molecule has 6 atom stereocenters. The number of hydrogen-bond acceptors (Lipinski definition) is 8. The lowest BCUT2D eigenvalue weighted by atomic mass is 9.90. The molecule has 0 radical (unpaired) electrons. The van der Waals surface area contributed by atoms with Gasteiger partial charge in [0, 0.05) is 0 Å². The summed E-state index contributed by atoms with van der Waals surface area (Å²) in [6.45, 7) is -1.81. The summed E-state index contributed by atoms with van der Waals surface area (Å²) < 4.78 is 4.71. The van der Waals surface area contributed by atoms with Gasteiger partial charge in [-0.25, -0.2) is 0 Å². The van der Waals surface area contributed by atoms with Gasteiger partial charge >= 0.3 is 0 Å². The SMILES string of the molecule is OC[C@@H](O)[C@H]1OC(O)(CO)[C@@H](O)[C@H](O)[C@@H]1O. The molecule has 0 aromatic carbocycles. The maximum atomic E-state index is 9.57. The molecule has 96 valence electrons. The van der Waals surface area contributed by atoms with Crippen LogP contribution in [0, 0.1) is 0 Å². The molecule has 1 fully saturated rings. The summed E-state index contributed by atoms with van der Waals surface area (Å²) in [6, 6.07) is 0. The van der Waals surface area contributed by atoms with Crippen molar-refractivity contribution in [2.45, 2.75) is 36.3 Å². The van der Waals surface area contributed by atoms with Crippen molar-refractivity contribution in [3.63, 3.8) is 0 Å². The maximum absolute atomic E-state index is 9.57. The Morgan fingerprint density at radius 2 is 1.69 bits per heavy atom. The van der Waals surface area contributed by atoms with Gasteiger partial charge in [0.15, 0.2) is 0 Å². The van der Waals surface area contributed by atoms with E-state index >= 15 is 0 Å². The zero-order valence-electron chi connectivity index (χ0n) is 8.34. The summed E-state index contributed by atoms with van der Waals surface area (Å²) in [4.78, 5) is 0. The molecular weight excluding hydrogens is 224 g/mol. The van der Waals surface area contributed by atoms with E-state index in [1.807, 2.05) is 0 Å². The Bertz CT molecular complexity index is 234. The van der Waals surface area contributed by atoms with Crippen LogP contribution in [0.25, 0.3) is 0 Å². The van der Waals surface area contributed by atoms with Crippen LogP contribution in [0.1, 0.15) is 0 Å². The summed E-state index contributed by atoms with van der Waals surface area (Å²) in [7, 11) is 0. The number of ether oxygens (including phenoxy) is 1. The highest BCUT2D eigenvalue weighted by molar-refractivity contribution is 4.97. The molecule has 1 saturated heterocycles. The minimum absolute atomic E-state index is 0.772. The average Bonchev–Trinajstić information content (AvgIpc) is 2.30. The summed E-state index contributed by atoms with van der Waals surface area (Å²) in [5.41, 5.74) is 0. The smallest absolute Gasteiger partial charge is 0.219 e. The zero-order chi connectivity index (χ0) is 12.5. The van der Waals surface area contributed by atoms with Crippen LogP contribution in [-0.2, 0) is 4.74 Å². The van der Waals surface area contributed by atoms with Crippen LogP contribution < -0.4 is 0 Å². The molecule has 1 aliphatic rings. The van der Waals surface area contributed by atoms with Gasteiger partial charge in [0.05, 0.1) is 13.2 Å². The molecule has 1 heterocycles. The molecule has 8 heteroatoms. The van der Waals surface area contributed by atoms with Gasteiger partial charge in [-0.3, -0.25) is 0 Å². The number of hydrogen-bond donors (Lipinski definition) is 7. The first-order valence-corrected chi connectivity index (χ1v) is 4.71. The third-order valence-corrected chi connectivity index (χ3v) is 2.61. The van der Waals surface area contributed by atoms with Crippen LogP contribution in [-0.4, -0.2) is 85.3 Å². The fraction of sp³-hybridized carbons (Fsp3) is 1.00. The van der Waals surface area contributed by atoms with E-state index in [9.17, 15) is 25.5 Å². The van der Waals surface area contributed by atoms with Crippen molar-refractivity contribution in [2.75, 3.05) is 13.2 Å². The maximum Gasteiger partial charge on any atom is 0.219 e. The molecule has 0 aromatic rings. The second kappa shape index (κ2) is 4.90. The summed E-state index contributed by atoms with van der Waals surface area (Å²) in [6.07, 6.45) is -8.49. The van der Waals surface area contributed by atoms with Gasteiger partial charge < -0.3 is 40.5 Å². The molecule has 1 rings (SSSR count). The largest absolute Gasteiger partial charge is 0.394 e. The minimum Gasteiger partial charge on any atom is -0.394 e. The number of aliphatic hydroxyl groups is 7. The highest BCUT2D eigenvalue weighted by Crippen LogP contribution is 2.29. The first-order chi connectivity index (χ1) is 7.37. The molecule has 0 amide bonds. The second-order valence-corrected chi connectivity index (χ2v) is 3.76. The molecule has 0 aliphatic carbocycles. The predicted molar refractivity (Wildman–Crippen MR) is 48.0 cm³/mol. The highest BCUT2D eigenvalue weighted by Gasteiger charge is 2.54. The van der Waals surface area contributed by atoms with Gasteiger partial charge in [-0.05, 0) is 0 Å². The molecular formula is C8H16O8. The van der Waals surface area contributed by atoms with E-state index in [1.165, 1.54) is 0 Å². The van der Waals surface area contributed by atoms with Crippen molar-refractivity contribution in [3.8, 4) is 0 Å². The van der Waals surface area contributed by atoms with E-state index in [1.54, 1.807) is 0 Å². The van der Waals surface area contributed by atoms with Crippen molar-refractivity contribution in [2.24, 2.45) is 0 Å². The molecule has 8 nitrogen and oxygen atoms in total. The zero-order valence-corrected chi connectivity index (χ0v) is 8.34.